The van der Waals surface area contributed by atoms with Gasteiger partial charge >= 0.3 is 0 Å². The van der Waals surface area contributed by atoms with Gasteiger partial charge in [0.15, 0.2) is 23.0 Å². The zero-order valence-electron chi connectivity index (χ0n) is 16.5. The second kappa shape index (κ2) is 7.48. The largest absolute Gasteiger partial charge is 0.493 e. The van der Waals surface area contributed by atoms with E-state index in [1.165, 1.54) is 0 Å². The Hall–Kier alpha value is -3.93. The van der Waals surface area contributed by atoms with Gasteiger partial charge in [-0.1, -0.05) is 12.1 Å². The summed E-state index contributed by atoms with van der Waals surface area (Å²) in [4.78, 5) is 4.86. The molecule has 0 saturated heterocycles. The molecule has 1 aromatic heterocycles. The van der Waals surface area contributed by atoms with Crippen molar-refractivity contribution in [1.82, 2.24) is 0 Å². The van der Waals surface area contributed by atoms with Crippen molar-refractivity contribution in [3.63, 3.8) is 0 Å². The summed E-state index contributed by atoms with van der Waals surface area (Å²) < 4.78 is 27.8. The summed E-state index contributed by atoms with van der Waals surface area (Å²) in [5.74, 6) is 3.40. The van der Waals surface area contributed by atoms with Crippen LogP contribution in [-0.4, -0.2) is 21.0 Å². The van der Waals surface area contributed by atoms with Crippen molar-refractivity contribution >= 4 is 16.7 Å². The van der Waals surface area contributed by atoms with E-state index in [1.807, 2.05) is 66.7 Å². The van der Waals surface area contributed by atoms with E-state index < -0.39 is 0 Å². The summed E-state index contributed by atoms with van der Waals surface area (Å²) in [6, 6.07) is 21.1. The van der Waals surface area contributed by atoms with E-state index in [1.54, 1.807) is 14.2 Å². The summed E-state index contributed by atoms with van der Waals surface area (Å²) in [7, 11) is 3.22. The maximum atomic E-state index is 6.17. The fourth-order valence-electron chi connectivity index (χ4n) is 3.44. The normalized spacial score (nSPS) is 12.9. The Kier molecular flexibility index (Phi) is 4.52. The van der Waals surface area contributed by atoms with E-state index in [0.717, 1.165) is 33.3 Å². The van der Waals surface area contributed by atoms with Crippen LogP contribution >= 0.6 is 0 Å². The fraction of sp³-hybridized carbons (Fsp3) is 0.125. The Morgan fingerprint density at radius 2 is 1.63 bits per heavy atom. The molecule has 5 rings (SSSR count). The first-order chi connectivity index (χ1) is 14.7. The summed E-state index contributed by atoms with van der Waals surface area (Å²) >= 11 is 0. The maximum absolute atomic E-state index is 6.17. The zero-order valence-corrected chi connectivity index (χ0v) is 16.5. The zero-order chi connectivity index (χ0) is 20.5. The molecule has 4 aromatic rings. The third-order valence-corrected chi connectivity index (χ3v) is 4.92. The van der Waals surface area contributed by atoms with Gasteiger partial charge in [0.25, 0.3) is 0 Å². The highest BCUT2D eigenvalue weighted by Gasteiger charge is 2.15. The fourth-order valence-corrected chi connectivity index (χ4v) is 3.44. The molecule has 0 fully saturated rings. The van der Waals surface area contributed by atoms with Gasteiger partial charge in [0, 0.05) is 23.1 Å². The van der Waals surface area contributed by atoms with Crippen LogP contribution in [0.4, 0.5) is 5.69 Å². The molecule has 30 heavy (non-hydrogen) atoms. The summed E-state index contributed by atoms with van der Waals surface area (Å²) in [5, 5.41) is 1.70. The minimum atomic E-state index is 0.230. The number of fused-ring (bicyclic) bond motifs is 2. The molecular formula is C24H19NO5. The molecule has 1 aliphatic heterocycles. The van der Waals surface area contributed by atoms with Gasteiger partial charge in [-0.05, 0) is 42.5 Å². The molecule has 0 aliphatic carbocycles. The topological polar surface area (TPSA) is 62.4 Å². The number of benzene rings is 3. The van der Waals surface area contributed by atoms with E-state index in [0.29, 0.717) is 23.0 Å². The molecule has 0 N–H and O–H groups in total. The van der Waals surface area contributed by atoms with Crippen molar-refractivity contribution < 1.29 is 23.4 Å². The smallest absolute Gasteiger partial charge is 0.231 e. The Morgan fingerprint density at radius 1 is 0.800 bits per heavy atom. The number of para-hydroxylation sites is 1. The molecule has 2 heterocycles. The van der Waals surface area contributed by atoms with Crippen LogP contribution in [0.5, 0.6) is 23.0 Å². The van der Waals surface area contributed by atoms with E-state index in [2.05, 4.69) is 0 Å². The molecule has 0 spiro atoms. The first-order valence-corrected chi connectivity index (χ1v) is 9.45. The molecule has 1 aliphatic rings. The molecule has 0 saturated carbocycles. The van der Waals surface area contributed by atoms with Crippen LogP contribution in [-0.2, 0) is 0 Å². The standard InChI is InChI=1S/C24H19NO5/c1-26-20-10-8-16(12-23(20)27-2)25-18-13-22(30-19-6-4-3-5-17(18)19)15-7-9-21-24(11-15)29-14-28-21/h3-13H,14H2,1-2H3. The lowest BCUT2D eigenvalue weighted by atomic mass is 10.1. The average Bonchev–Trinajstić information content (AvgIpc) is 3.27. The lowest BCUT2D eigenvalue weighted by Crippen LogP contribution is -2.03. The predicted molar refractivity (Wildman–Crippen MR) is 113 cm³/mol. The lowest BCUT2D eigenvalue weighted by molar-refractivity contribution is 0.174. The molecule has 0 atom stereocenters. The number of hydrogen-bond donors (Lipinski definition) is 0. The van der Waals surface area contributed by atoms with Crippen molar-refractivity contribution in [2.75, 3.05) is 21.0 Å². The molecule has 6 nitrogen and oxygen atoms in total. The van der Waals surface area contributed by atoms with Crippen LogP contribution in [0.15, 0.2) is 76.1 Å². The molecule has 6 heteroatoms. The van der Waals surface area contributed by atoms with Crippen molar-refractivity contribution in [2.45, 2.75) is 0 Å². The first kappa shape index (κ1) is 18.1. The Labute approximate surface area is 172 Å². The van der Waals surface area contributed by atoms with Gasteiger partial charge in [0.2, 0.25) is 6.79 Å². The number of hydrogen-bond acceptors (Lipinski definition) is 6. The quantitative estimate of drug-likeness (QED) is 0.477. The van der Waals surface area contributed by atoms with E-state index in [4.69, 9.17) is 28.4 Å². The monoisotopic (exact) mass is 401 g/mol. The van der Waals surface area contributed by atoms with Gasteiger partial charge in [0.05, 0.1) is 25.3 Å². The van der Waals surface area contributed by atoms with Crippen molar-refractivity contribution in [3.05, 3.63) is 72.1 Å². The third kappa shape index (κ3) is 3.22. The molecule has 3 aromatic carbocycles. The second-order valence-corrected chi connectivity index (χ2v) is 6.71. The Bertz CT molecular complexity index is 1310. The molecule has 0 bridgehead atoms. The number of nitrogens with zero attached hydrogens (tertiary/aromatic N) is 1. The van der Waals surface area contributed by atoms with Crippen LogP contribution in [0, 0.1) is 0 Å². The van der Waals surface area contributed by atoms with Crippen molar-refractivity contribution in [3.8, 4) is 34.3 Å². The molecule has 0 radical (unpaired) electrons. The van der Waals surface area contributed by atoms with Crippen molar-refractivity contribution in [1.29, 1.82) is 0 Å². The summed E-state index contributed by atoms with van der Waals surface area (Å²) in [5.41, 5.74) is 2.38. The van der Waals surface area contributed by atoms with Gasteiger partial charge < -0.3 is 23.4 Å². The van der Waals surface area contributed by atoms with Crippen LogP contribution < -0.4 is 24.3 Å². The molecule has 0 amide bonds. The summed E-state index contributed by atoms with van der Waals surface area (Å²) in [6.45, 7) is 0.230. The maximum Gasteiger partial charge on any atom is 0.231 e. The number of methoxy groups -OCH3 is 2. The van der Waals surface area contributed by atoms with E-state index >= 15 is 0 Å². The van der Waals surface area contributed by atoms with E-state index in [-0.39, 0.29) is 6.79 Å². The summed E-state index contributed by atoms with van der Waals surface area (Å²) in [6.07, 6.45) is 0. The highest BCUT2D eigenvalue weighted by molar-refractivity contribution is 5.79. The Balaban J connectivity index is 1.69. The van der Waals surface area contributed by atoms with Crippen LogP contribution in [0.1, 0.15) is 0 Å². The lowest BCUT2D eigenvalue weighted by Gasteiger charge is -2.08. The molecule has 150 valence electrons. The SMILES string of the molecule is COc1ccc(N=c2cc(-c3ccc4c(c3)OCO4)oc3ccccc23)cc1OC. The molecule has 0 unspecified atom stereocenters. The average molecular weight is 401 g/mol. The number of ether oxygens (including phenoxy) is 4. The van der Waals surface area contributed by atoms with Crippen LogP contribution in [0.3, 0.4) is 0 Å². The minimum Gasteiger partial charge on any atom is -0.493 e. The minimum absolute atomic E-state index is 0.230. The van der Waals surface area contributed by atoms with Gasteiger partial charge in [-0.25, -0.2) is 4.99 Å². The van der Waals surface area contributed by atoms with Crippen molar-refractivity contribution in [2.24, 2.45) is 4.99 Å². The highest BCUT2D eigenvalue weighted by atomic mass is 16.7. The molecular weight excluding hydrogens is 382 g/mol. The van der Waals surface area contributed by atoms with Crippen LogP contribution in [0.25, 0.3) is 22.3 Å². The second-order valence-electron chi connectivity index (χ2n) is 6.71. The predicted octanol–water partition coefficient (Wildman–Crippen LogP) is 5.08. The number of rotatable bonds is 4. The van der Waals surface area contributed by atoms with Gasteiger partial charge in [-0.3, -0.25) is 0 Å². The van der Waals surface area contributed by atoms with Gasteiger partial charge in [-0.2, -0.15) is 0 Å². The van der Waals surface area contributed by atoms with E-state index in [9.17, 15) is 0 Å². The third-order valence-electron chi connectivity index (χ3n) is 4.92. The van der Waals surface area contributed by atoms with Crippen LogP contribution in [0.2, 0.25) is 0 Å². The van der Waals surface area contributed by atoms with Gasteiger partial charge in [0.1, 0.15) is 11.3 Å². The first-order valence-electron chi connectivity index (χ1n) is 9.45. The Morgan fingerprint density at radius 3 is 2.50 bits per heavy atom. The van der Waals surface area contributed by atoms with Gasteiger partial charge in [-0.15, -0.1) is 0 Å². The highest BCUT2D eigenvalue weighted by Crippen LogP contribution is 2.36.